The van der Waals surface area contributed by atoms with Crippen molar-refractivity contribution in [1.29, 1.82) is 0 Å². The molecule has 1 saturated carbocycles. The minimum atomic E-state index is -0.892. The second-order valence-corrected chi connectivity index (χ2v) is 7.34. The van der Waals surface area contributed by atoms with Crippen molar-refractivity contribution >= 4 is 65.4 Å². The minimum absolute atomic E-state index is 0.237. The molecule has 1 aliphatic carbocycles. The molecule has 1 aromatic carbocycles. The lowest BCUT2D eigenvalue weighted by atomic mass is 9.95. The Morgan fingerprint density at radius 3 is 2.20 bits per heavy atom. The first-order valence-electron chi connectivity index (χ1n) is 6.08. The van der Waals surface area contributed by atoms with Crippen LogP contribution in [0.5, 0.6) is 0 Å². The molecule has 0 unspecified atom stereocenters. The predicted octanol–water partition coefficient (Wildman–Crippen LogP) is 4.41. The van der Waals surface area contributed by atoms with Gasteiger partial charge in [0.15, 0.2) is 0 Å². The van der Waals surface area contributed by atoms with Crippen molar-refractivity contribution in [3.8, 4) is 0 Å². The monoisotopic (exact) mass is 467 g/mol. The molecule has 0 aromatic heterocycles. The number of rotatable bonds is 3. The molecule has 7 heteroatoms. The van der Waals surface area contributed by atoms with Crippen molar-refractivity contribution in [3.05, 3.63) is 25.6 Å². The summed E-state index contributed by atoms with van der Waals surface area (Å²) in [6.45, 7) is 0. The number of carboxylic acid groups (broad SMARTS) is 1. The molecular weight excluding hydrogens is 458 g/mol. The van der Waals surface area contributed by atoms with Crippen LogP contribution in [0.1, 0.15) is 19.3 Å². The number of anilines is 1. The molecule has 108 valence electrons. The molecular formula is C13H12Br3NO3. The van der Waals surface area contributed by atoms with E-state index in [1.54, 1.807) is 0 Å². The van der Waals surface area contributed by atoms with Crippen molar-refractivity contribution in [1.82, 2.24) is 0 Å². The number of amides is 1. The lowest BCUT2D eigenvalue weighted by Gasteiger charge is -2.17. The Hall–Kier alpha value is -0.400. The number of halogens is 3. The van der Waals surface area contributed by atoms with Crippen molar-refractivity contribution in [3.63, 3.8) is 0 Å². The van der Waals surface area contributed by atoms with Gasteiger partial charge in [-0.3, -0.25) is 9.59 Å². The molecule has 0 saturated heterocycles. The Bertz CT molecular complexity index is 539. The van der Waals surface area contributed by atoms with Gasteiger partial charge in [0.05, 0.1) is 17.5 Å². The van der Waals surface area contributed by atoms with Crippen LogP contribution in [0.15, 0.2) is 25.6 Å². The third-order valence-electron chi connectivity index (χ3n) is 3.43. The highest BCUT2D eigenvalue weighted by Crippen LogP contribution is 2.37. The minimum Gasteiger partial charge on any atom is -0.481 e. The summed E-state index contributed by atoms with van der Waals surface area (Å²) in [6, 6.07) is 3.65. The molecule has 2 rings (SSSR count). The number of nitrogens with one attached hydrogen (secondary N) is 1. The number of carbonyl (C=O) groups excluding carboxylic acids is 1. The molecule has 1 aliphatic rings. The second-order valence-electron chi connectivity index (χ2n) is 4.72. The Morgan fingerprint density at radius 2 is 1.65 bits per heavy atom. The van der Waals surface area contributed by atoms with Gasteiger partial charge in [0.2, 0.25) is 5.91 Å². The van der Waals surface area contributed by atoms with Crippen LogP contribution in [-0.4, -0.2) is 17.0 Å². The molecule has 2 atom stereocenters. The maximum atomic E-state index is 12.3. The normalized spacial score (nSPS) is 21.8. The van der Waals surface area contributed by atoms with E-state index < -0.39 is 17.8 Å². The van der Waals surface area contributed by atoms with E-state index in [1.165, 1.54) is 0 Å². The quantitative estimate of drug-likeness (QED) is 0.689. The first-order valence-corrected chi connectivity index (χ1v) is 8.46. The van der Waals surface area contributed by atoms with E-state index in [1.807, 2.05) is 12.1 Å². The SMILES string of the molecule is O=C(O)[C@H]1CCC[C@H]1C(=O)Nc1c(Br)cc(Br)cc1Br. The molecule has 0 heterocycles. The van der Waals surface area contributed by atoms with Crippen LogP contribution in [0.3, 0.4) is 0 Å². The Balaban J connectivity index is 2.18. The maximum absolute atomic E-state index is 12.3. The zero-order valence-corrected chi connectivity index (χ0v) is 15.1. The van der Waals surface area contributed by atoms with E-state index in [9.17, 15) is 9.59 Å². The van der Waals surface area contributed by atoms with E-state index in [-0.39, 0.29) is 5.91 Å². The predicted molar refractivity (Wildman–Crippen MR) is 86.6 cm³/mol. The molecule has 4 nitrogen and oxygen atoms in total. The van der Waals surface area contributed by atoms with Crippen LogP contribution in [0.4, 0.5) is 5.69 Å². The zero-order valence-electron chi connectivity index (χ0n) is 10.3. The van der Waals surface area contributed by atoms with Gasteiger partial charge in [-0.05, 0) is 56.8 Å². The van der Waals surface area contributed by atoms with Crippen LogP contribution in [0, 0.1) is 11.8 Å². The number of hydrogen-bond donors (Lipinski definition) is 2. The van der Waals surface area contributed by atoms with Crippen molar-refractivity contribution < 1.29 is 14.7 Å². The van der Waals surface area contributed by atoms with E-state index in [0.29, 0.717) is 18.5 Å². The van der Waals surface area contributed by atoms with Crippen LogP contribution in [-0.2, 0) is 9.59 Å². The van der Waals surface area contributed by atoms with Crippen molar-refractivity contribution in [2.45, 2.75) is 19.3 Å². The van der Waals surface area contributed by atoms with Crippen molar-refractivity contribution in [2.75, 3.05) is 5.32 Å². The molecule has 2 N–H and O–H groups in total. The third kappa shape index (κ3) is 3.43. The topological polar surface area (TPSA) is 66.4 Å². The summed E-state index contributed by atoms with van der Waals surface area (Å²) in [5.41, 5.74) is 0.620. The first-order chi connectivity index (χ1) is 9.40. The summed E-state index contributed by atoms with van der Waals surface area (Å²) >= 11 is 10.1. The molecule has 1 fully saturated rings. The van der Waals surface area contributed by atoms with Crippen LogP contribution in [0.25, 0.3) is 0 Å². The molecule has 0 aliphatic heterocycles. The molecule has 1 aromatic rings. The summed E-state index contributed by atoms with van der Waals surface area (Å²) in [4.78, 5) is 23.4. The highest BCUT2D eigenvalue weighted by Gasteiger charge is 2.38. The highest BCUT2D eigenvalue weighted by molar-refractivity contribution is 9.11. The fourth-order valence-corrected chi connectivity index (χ4v) is 4.90. The van der Waals surface area contributed by atoms with Gasteiger partial charge in [0, 0.05) is 13.4 Å². The average molecular weight is 470 g/mol. The van der Waals surface area contributed by atoms with Crippen LogP contribution < -0.4 is 5.32 Å². The summed E-state index contributed by atoms with van der Waals surface area (Å²) in [5, 5.41) is 12.0. The maximum Gasteiger partial charge on any atom is 0.307 e. The summed E-state index contributed by atoms with van der Waals surface area (Å²) < 4.78 is 2.34. The van der Waals surface area contributed by atoms with Gasteiger partial charge in [-0.15, -0.1) is 0 Å². The summed E-state index contributed by atoms with van der Waals surface area (Å²) in [6.07, 6.45) is 1.96. The summed E-state index contributed by atoms with van der Waals surface area (Å²) in [5.74, 6) is -2.17. The van der Waals surface area contributed by atoms with Gasteiger partial charge in [-0.25, -0.2) is 0 Å². The van der Waals surface area contributed by atoms with Gasteiger partial charge in [-0.1, -0.05) is 22.4 Å². The number of benzene rings is 1. The van der Waals surface area contributed by atoms with Gasteiger partial charge < -0.3 is 10.4 Å². The Morgan fingerprint density at radius 1 is 1.10 bits per heavy atom. The smallest absolute Gasteiger partial charge is 0.307 e. The molecule has 0 radical (unpaired) electrons. The molecule has 20 heavy (non-hydrogen) atoms. The fourth-order valence-electron chi connectivity index (χ4n) is 2.45. The lowest BCUT2D eigenvalue weighted by Crippen LogP contribution is -2.30. The van der Waals surface area contributed by atoms with Crippen molar-refractivity contribution in [2.24, 2.45) is 11.8 Å². The third-order valence-corrected chi connectivity index (χ3v) is 5.13. The Labute approximate surface area is 141 Å². The van der Waals surface area contributed by atoms with E-state index in [2.05, 4.69) is 53.1 Å². The van der Waals surface area contributed by atoms with Gasteiger partial charge >= 0.3 is 5.97 Å². The standard InChI is InChI=1S/C13H12Br3NO3/c14-6-4-9(15)11(10(16)5-6)17-12(18)7-2-1-3-8(7)13(19)20/h4-5,7-8H,1-3H2,(H,17,18)(H,19,20)/t7-,8+/m1/s1. The van der Waals surface area contributed by atoms with Gasteiger partial charge in [0.25, 0.3) is 0 Å². The second kappa shape index (κ2) is 6.58. The van der Waals surface area contributed by atoms with Gasteiger partial charge in [-0.2, -0.15) is 0 Å². The molecule has 0 bridgehead atoms. The number of carbonyl (C=O) groups is 2. The van der Waals surface area contributed by atoms with Crippen LogP contribution >= 0.6 is 47.8 Å². The number of aliphatic carboxylic acids is 1. The average Bonchev–Trinajstić information content (AvgIpc) is 2.82. The zero-order chi connectivity index (χ0) is 14.9. The number of carboxylic acids is 1. The summed E-state index contributed by atoms with van der Waals surface area (Å²) in [7, 11) is 0. The first kappa shape index (κ1) is 16.0. The van der Waals surface area contributed by atoms with Crippen LogP contribution in [0.2, 0.25) is 0 Å². The lowest BCUT2D eigenvalue weighted by molar-refractivity contribution is -0.145. The van der Waals surface area contributed by atoms with Gasteiger partial charge in [0.1, 0.15) is 0 Å². The largest absolute Gasteiger partial charge is 0.481 e. The molecule has 0 spiro atoms. The van der Waals surface area contributed by atoms with E-state index in [0.717, 1.165) is 19.8 Å². The Kier molecular flexibility index (Phi) is 5.25. The fraction of sp³-hybridized carbons (Fsp3) is 0.385. The highest BCUT2D eigenvalue weighted by atomic mass is 79.9. The molecule has 1 amide bonds. The van der Waals surface area contributed by atoms with E-state index in [4.69, 9.17) is 5.11 Å². The van der Waals surface area contributed by atoms with E-state index >= 15 is 0 Å². The number of hydrogen-bond acceptors (Lipinski definition) is 2.